The topological polar surface area (TPSA) is 58.6 Å². The van der Waals surface area contributed by atoms with E-state index in [1.54, 1.807) is 0 Å². The molecule has 7 heteroatoms. The molecule has 7 nitrogen and oxygen atoms in total. The molecule has 0 aliphatic heterocycles. The SMILES string of the molecule is Cc1ccc2c(c1)c1ccccc1n2-c1c(-c2cccc(-c3ccccc3)n2)c(-n2c3ccccc3c3cc(C)ccc32)c(-n2c3ccccc3c3cc(C)ccc32)c(-n2c3ccccc3c3cc(C)ccc32)c1-c1nc2ccccc2o1. The summed E-state index contributed by atoms with van der Waals surface area (Å²) in [6, 6.07) is 88.5. The molecule has 0 aliphatic rings. The summed E-state index contributed by atoms with van der Waals surface area (Å²) in [7, 11) is 0. The zero-order valence-electron chi connectivity index (χ0n) is 46.2. The normalized spacial score (nSPS) is 12.1. The van der Waals surface area contributed by atoms with Crippen molar-refractivity contribution in [3.63, 3.8) is 0 Å². The minimum atomic E-state index is 0.481. The molecule has 0 fully saturated rings. The molecule has 17 aromatic rings. The van der Waals surface area contributed by atoms with Crippen LogP contribution >= 0.6 is 0 Å². The summed E-state index contributed by atoms with van der Waals surface area (Å²) in [4.78, 5) is 11.7. The maximum absolute atomic E-state index is 7.48. The van der Waals surface area contributed by atoms with E-state index in [1.165, 1.54) is 22.3 Å². The summed E-state index contributed by atoms with van der Waals surface area (Å²) in [5, 5.41) is 9.19. The van der Waals surface area contributed by atoms with E-state index in [4.69, 9.17) is 14.4 Å². The standard InChI is InChI=1S/C76H52N6O/c1-45-33-37-65-54(41-45)50-21-8-13-28-61(50)79(65)72-70(60-27-18-26-58(77-60)49-19-6-5-7-20-49)73(80-62-29-14-9-22-51(62)55-42-46(2)34-38-66(55)80)75(82-64-31-16-11-24-53(64)57-44-48(4)36-40-68(57)82)74(71(72)76-78-59-25-12-17-32-69(59)83-76)81-63-30-15-10-23-52(63)56-43-47(3)35-39-67(56)81/h5-44H,1-4H3. The Kier molecular flexibility index (Phi) is 10.1. The number of fused-ring (bicyclic) bond motifs is 13. The Hall–Kier alpha value is -10.8. The zero-order valence-corrected chi connectivity index (χ0v) is 46.2. The van der Waals surface area contributed by atoms with E-state index in [-0.39, 0.29) is 0 Å². The summed E-state index contributed by atoms with van der Waals surface area (Å²) in [6.45, 7) is 8.77. The zero-order chi connectivity index (χ0) is 55.2. The average Bonchev–Trinajstić information content (AvgIpc) is 1.85. The number of pyridine rings is 1. The fourth-order valence-corrected chi connectivity index (χ4v) is 13.6. The van der Waals surface area contributed by atoms with Crippen LogP contribution in [0, 0.1) is 27.7 Å². The number of oxazole rings is 1. The number of aryl methyl sites for hydroxylation is 4. The Morgan fingerprint density at radius 1 is 0.277 bits per heavy atom. The summed E-state index contributed by atoms with van der Waals surface area (Å²) >= 11 is 0. The molecular weight excluding hydrogens is 1010 g/mol. The number of hydrogen-bond acceptors (Lipinski definition) is 3. The van der Waals surface area contributed by atoms with Gasteiger partial charge in [-0.25, -0.2) is 9.97 Å². The molecule has 6 aromatic heterocycles. The first-order valence-corrected chi connectivity index (χ1v) is 28.5. The summed E-state index contributed by atoms with van der Waals surface area (Å²) in [5.74, 6) is 0.481. The first-order chi connectivity index (χ1) is 40.8. The smallest absolute Gasteiger partial charge is 0.231 e. The molecule has 0 unspecified atom stereocenters. The van der Waals surface area contributed by atoms with E-state index < -0.39 is 0 Å². The van der Waals surface area contributed by atoms with Crippen LogP contribution in [0.4, 0.5) is 0 Å². The second-order valence-corrected chi connectivity index (χ2v) is 22.4. The highest BCUT2D eigenvalue weighted by Crippen LogP contribution is 2.55. The molecular formula is C76H52N6O. The van der Waals surface area contributed by atoms with Crippen molar-refractivity contribution < 1.29 is 4.42 Å². The minimum absolute atomic E-state index is 0.481. The third-order valence-electron chi connectivity index (χ3n) is 17.2. The molecule has 0 saturated carbocycles. The van der Waals surface area contributed by atoms with Gasteiger partial charge in [-0.1, -0.05) is 168 Å². The summed E-state index contributed by atoms with van der Waals surface area (Å²) in [6.07, 6.45) is 0. The van der Waals surface area contributed by atoms with Crippen LogP contribution in [0.2, 0.25) is 0 Å². The van der Waals surface area contributed by atoms with Crippen LogP contribution in [0.25, 0.3) is 155 Å². The van der Waals surface area contributed by atoms with Gasteiger partial charge >= 0.3 is 0 Å². The maximum atomic E-state index is 7.48. The molecule has 0 N–H and O–H groups in total. The monoisotopic (exact) mass is 1060 g/mol. The van der Waals surface area contributed by atoms with Crippen molar-refractivity contribution in [1.82, 2.24) is 28.2 Å². The largest absolute Gasteiger partial charge is 0.436 e. The van der Waals surface area contributed by atoms with Gasteiger partial charge < -0.3 is 22.7 Å². The lowest BCUT2D eigenvalue weighted by Crippen LogP contribution is -2.16. The molecule has 392 valence electrons. The van der Waals surface area contributed by atoms with Crippen molar-refractivity contribution in [1.29, 1.82) is 0 Å². The Bertz CT molecular complexity index is 5540. The van der Waals surface area contributed by atoms with E-state index in [2.05, 4.69) is 270 Å². The van der Waals surface area contributed by atoms with Crippen LogP contribution in [-0.2, 0) is 0 Å². The Morgan fingerprint density at radius 2 is 0.651 bits per heavy atom. The Labute approximate surface area is 477 Å². The molecule has 0 spiro atoms. The molecule has 11 aromatic carbocycles. The van der Waals surface area contributed by atoms with Crippen LogP contribution in [0.5, 0.6) is 0 Å². The van der Waals surface area contributed by atoms with Gasteiger partial charge in [0.05, 0.1) is 89.4 Å². The van der Waals surface area contributed by atoms with E-state index in [1.807, 2.05) is 18.2 Å². The van der Waals surface area contributed by atoms with Gasteiger partial charge in [-0.15, -0.1) is 0 Å². The van der Waals surface area contributed by atoms with Gasteiger partial charge in [-0.3, -0.25) is 0 Å². The fraction of sp³-hybridized carbons (Fsp3) is 0.0526. The second kappa shape index (κ2) is 17.9. The van der Waals surface area contributed by atoms with Gasteiger partial charge in [0, 0.05) is 48.7 Å². The van der Waals surface area contributed by atoms with Crippen molar-refractivity contribution in [3.05, 3.63) is 265 Å². The number of rotatable bonds is 7. The van der Waals surface area contributed by atoms with Crippen molar-refractivity contribution in [2.75, 3.05) is 0 Å². The maximum Gasteiger partial charge on any atom is 0.231 e. The molecule has 0 amide bonds. The van der Waals surface area contributed by atoms with Crippen LogP contribution in [0.15, 0.2) is 247 Å². The van der Waals surface area contributed by atoms with Crippen molar-refractivity contribution >= 4 is 98.3 Å². The summed E-state index contributed by atoms with van der Waals surface area (Å²) in [5.41, 5.74) is 22.7. The molecule has 0 saturated heterocycles. The Balaban J connectivity index is 1.26. The average molecular weight is 1070 g/mol. The third kappa shape index (κ3) is 6.92. The predicted octanol–water partition coefficient (Wildman–Crippen LogP) is 19.8. The van der Waals surface area contributed by atoms with Crippen LogP contribution in [0.3, 0.4) is 0 Å². The lowest BCUT2D eigenvalue weighted by Gasteiger charge is -2.30. The van der Waals surface area contributed by atoms with Crippen LogP contribution in [-0.4, -0.2) is 28.2 Å². The highest BCUT2D eigenvalue weighted by atomic mass is 16.3. The highest BCUT2D eigenvalue weighted by molar-refractivity contribution is 6.18. The molecule has 83 heavy (non-hydrogen) atoms. The quantitative estimate of drug-likeness (QED) is 0.160. The molecule has 0 radical (unpaired) electrons. The van der Waals surface area contributed by atoms with Crippen molar-refractivity contribution in [2.45, 2.75) is 27.7 Å². The summed E-state index contributed by atoms with van der Waals surface area (Å²) < 4.78 is 17.6. The molecule has 0 bridgehead atoms. The number of hydrogen-bond donors (Lipinski definition) is 0. The van der Waals surface area contributed by atoms with Gasteiger partial charge in [-0.2, -0.15) is 0 Å². The van der Waals surface area contributed by atoms with E-state index >= 15 is 0 Å². The second-order valence-electron chi connectivity index (χ2n) is 22.4. The van der Waals surface area contributed by atoms with E-state index in [0.29, 0.717) is 11.5 Å². The first-order valence-electron chi connectivity index (χ1n) is 28.5. The number of benzene rings is 11. The van der Waals surface area contributed by atoms with Crippen LogP contribution in [0.1, 0.15) is 22.3 Å². The molecule has 6 heterocycles. The van der Waals surface area contributed by atoms with Crippen LogP contribution < -0.4 is 0 Å². The Morgan fingerprint density at radius 3 is 1.12 bits per heavy atom. The highest BCUT2D eigenvalue weighted by Gasteiger charge is 2.37. The number of para-hydroxylation sites is 6. The fourth-order valence-electron chi connectivity index (χ4n) is 13.6. The minimum Gasteiger partial charge on any atom is -0.436 e. The van der Waals surface area contributed by atoms with Crippen molar-refractivity contribution in [2.24, 2.45) is 0 Å². The van der Waals surface area contributed by atoms with Gasteiger partial charge in [0.15, 0.2) is 5.58 Å². The number of nitrogens with zero attached hydrogens (tertiary/aromatic N) is 6. The van der Waals surface area contributed by atoms with Gasteiger partial charge in [0.2, 0.25) is 5.89 Å². The number of aromatic nitrogens is 6. The first kappa shape index (κ1) is 47.1. The van der Waals surface area contributed by atoms with E-state index in [0.717, 1.165) is 144 Å². The van der Waals surface area contributed by atoms with E-state index in [9.17, 15) is 0 Å². The van der Waals surface area contributed by atoms with Gasteiger partial charge in [-0.05, 0) is 125 Å². The molecule has 0 atom stereocenters. The van der Waals surface area contributed by atoms with Gasteiger partial charge in [0.25, 0.3) is 0 Å². The lowest BCUT2D eigenvalue weighted by molar-refractivity contribution is 0.619. The predicted molar refractivity (Wildman–Crippen MR) is 344 cm³/mol. The molecule has 17 rings (SSSR count). The third-order valence-corrected chi connectivity index (χ3v) is 17.2. The van der Waals surface area contributed by atoms with Crippen molar-refractivity contribution in [3.8, 4) is 56.7 Å². The lowest BCUT2D eigenvalue weighted by atomic mass is 9.94. The molecule has 0 aliphatic carbocycles. The van der Waals surface area contributed by atoms with Gasteiger partial charge in [0.1, 0.15) is 5.52 Å².